The minimum absolute atomic E-state index is 0.0569. The molecule has 0 atom stereocenters. The number of halogens is 2. The Morgan fingerprint density at radius 2 is 1.79 bits per heavy atom. The van der Waals surface area contributed by atoms with E-state index in [9.17, 15) is 10.1 Å². The Labute approximate surface area is 202 Å². The second-order valence-electron chi connectivity index (χ2n) is 7.68. The van der Waals surface area contributed by atoms with Crippen molar-refractivity contribution in [3.05, 3.63) is 111 Å². The van der Waals surface area contributed by atoms with E-state index in [0.717, 1.165) is 33.3 Å². The summed E-state index contributed by atoms with van der Waals surface area (Å²) < 4.78 is 2.13. The molecule has 33 heavy (non-hydrogen) atoms. The van der Waals surface area contributed by atoms with Crippen LogP contribution in [-0.2, 0) is 17.9 Å². The van der Waals surface area contributed by atoms with Crippen LogP contribution in [0.15, 0.2) is 78.4 Å². The number of nitrogens with one attached hydrogen (secondary N) is 1. The third-order valence-corrected chi connectivity index (χ3v) is 6.16. The van der Waals surface area contributed by atoms with Crippen molar-refractivity contribution < 1.29 is 4.79 Å². The molecule has 0 fully saturated rings. The van der Waals surface area contributed by atoms with Gasteiger partial charge in [0, 0.05) is 45.3 Å². The molecule has 0 unspecified atom stereocenters. The smallest absolute Gasteiger partial charge is 0.262 e. The van der Waals surface area contributed by atoms with Crippen molar-refractivity contribution in [1.82, 2.24) is 9.88 Å². The summed E-state index contributed by atoms with van der Waals surface area (Å²) in [5.74, 6) is -0.404. The number of fused-ring (bicyclic) bond motifs is 1. The van der Waals surface area contributed by atoms with Crippen LogP contribution in [0.4, 0.5) is 0 Å². The van der Waals surface area contributed by atoms with Gasteiger partial charge in [-0.25, -0.2) is 0 Å². The van der Waals surface area contributed by atoms with Crippen LogP contribution in [0, 0.1) is 18.3 Å². The van der Waals surface area contributed by atoms with Gasteiger partial charge < -0.3 is 9.88 Å². The number of amides is 1. The van der Waals surface area contributed by atoms with Crippen molar-refractivity contribution in [2.24, 2.45) is 0 Å². The van der Waals surface area contributed by atoms with Crippen LogP contribution in [0.1, 0.15) is 22.4 Å². The fourth-order valence-corrected chi connectivity index (χ4v) is 4.30. The lowest BCUT2D eigenvalue weighted by atomic mass is 10.1. The summed E-state index contributed by atoms with van der Waals surface area (Å²) in [5, 5.41) is 14.7. The van der Waals surface area contributed by atoms with E-state index in [1.165, 1.54) is 0 Å². The number of para-hydroxylation sites is 1. The maximum atomic E-state index is 12.7. The number of aromatic nitrogens is 1. The predicted molar refractivity (Wildman–Crippen MR) is 134 cm³/mol. The van der Waals surface area contributed by atoms with E-state index in [-0.39, 0.29) is 5.57 Å². The lowest BCUT2D eigenvalue weighted by Crippen LogP contribution is -2.23. The first-order chi connectivity index (χ1) is 16.0. The number of rotatable bonds is 6. The van der Waals surface area contributed by atoms with Gasteiger partial charge in [-0.15, -0.1) is 0 Å². The van der Waals surface area contributed by atoms with E-state index in [0.29, 0.717) is 23.1 Å². The molecule has 1 amide bonds. The lowest BCUT2D eigenvalue weighted by molar-refractivity contribution is -0.117. The van der Waals surface area contributed by atoms with E-state index in [4.69, 9.17) is 23.2 Å². The summed E-state index contributed by atoms with van der Waals surface area (Å²) in [6.45, 7) is 2.87. The average Bonchev–Trinajstić information content (AvgIpc) is 3.09. The first-order valence-corrected chi connectivity index (χ1v) is 11.2. The first kappa shape index (κ1) is 22.7. The Bertz CT molecular complexity index is 1400. The number of carbonyl (C=O) groups excluding carboxylic acids is 1. The van der Waals surface area contributed by atoms with Crippen LogP contribution in [0.2, 0.25) is 10.0 Å². The normalized spacial score (nSPS) is 11.4. The highest BCUT2D eigenvalue weighted by Crippen LogP contribution is 2.30. The topological polar surface area (TPSA) is 57.8 Å². The summed E-state index contributed by atoms with van der Waals surface area (Å²) in [4.78, 5) is 12.7. The largest absolute Gasteiger partial charge is 0.347 e. The SMILES string of the molecule is Cc1c(/C=C(\C#N)C(=O)NCc2ccccc2)c2ccccc2n1Cc1ccc(Cl)cc1Cl. The molecule has 4 aromatic rings. The molecular formula is C27H21Cl2N3O. The third kappa shape index (κ3) is 4.96. The fraction of sp³-hybridized carbons (Fsp3) is 0.111. The number of carbonyl (C=O) groups is 1. The highest BCUT2D eigenvalue weighted by atomic mass is 35.5. The van der Waals surface area contributed by atoms with Crippen molar-refractivity contribution in [1.29, 1.82) is 5.26 Å². The molecule has 1 N–H and O–H groups in total. The molecule has 0 aliphatic heterocycles. The van der Waals surface area contributed by atoms with Gasteiger partial charge in [0.1, 0.15) is 11.6 Å². The Morgan fingerprint density at radius 3 is 2.52 bits per heavy atom. The van der Waals surface area contributed by atoms with Gasteiger partial charge in [0.15, 0.2) is 0 Å². The van der Waals surface area contributed by atoms with Gasteiger partial charge in [-0.2, -0.15) is 5.26 Å². The van der Waals surface area contributed by atoms with Crippen LogP contribution in [0.25, 0.3) is 17.0 Å². The zero-order valence-electron chi connectivity index (χ0n) is 18.0. The minimum Gasteiger partial charge on any atom is -0.347 e. The molecule has 0 saturated heterocycles. The van der Waals surface area contributed by atoms with Gasteiger partial charge in [0.2, 0.25) is 0 Å². The molecule has 4 nitrogen and oxygen atoms in total. The standard InChI is InChI=1S/C27H21Cl2N3O/c1-18-24(13-21(15-30)27(33)31-16-19-7-3-2-4-8-19)23-9-5-6-10-26(23)32(18)17-20-11-12-22(28)14-25(20)29/h2-14H,16-17H2,1H3,(H,31,33)/b21-13+. The van der Waals surface area contributed by atoms with E-state index < -0.39 is 5.91 Å². The second-order valence-corrected chi connectivity index (χ2v) is 8.52. The average molecular weight is 474 g/mol. The monoisotopic (exact) mass is 473 g/mol. The number of hydrogen-bond acceptors (Lipinski definition) is 2. The van der Waals surface area contributed by atoms with Crippen molar-refractivity contribution in [3.63, 3.8) is 0 Å². The summed E-state index contributed by atoms with van der Waals surface area (Å²) in [5.41, 5.74) is 4.72. The molecule has 0 spiro atoms. The van der Waals surface area contributed by atoms with Crippen molar-refractivity contribution >= 4 is 46.1 Å². The van der Waals surface area contributed by atoms with Crippen LogP contribution >= 0.6 is 23.2 Å². The van der Waals surface area contributed by atoms with Gasteiger partial charge in [-0.05, 0) is 42.3 Å². The molecule has 4 rings (SSSR count). The zero-order valence-corrected chi connectivity index (χ0v) is 19.5. The Kier molecular flexibility index (Phi) is 6.84. The molecule has 1 heterocycles. The summed E-state index contributed by atoms with van der Waals surface area (Å²) in [7, 11) is 0. The highest BCUT2D eigenvalue weighted by Gasteiger charge is 2.16. The van der Waals surface area contributed by atoms with E-state index >= 15 is 0 Å². The molecule has 1 aromatic heterocycles. The quantitative estimate of drug-likeness (QED) is 0.255. The lowest BCUT2D eigenvalue weighted by Gasteiger charge is -2.11. The van der Waals surface area contributed by atoms with Crippen molar-refractivity contribution in [3.8, 4) is 6.07 Å². The van der Waals surface area contributed by atoms with Gasteiger partial charge in [0.25, 0.3) is 5.91 Å². The van der Waals surface area contributed by atoms with Crippen LogP contribution in [-0.4, -0.2) is 10.5 Å². The summed E-state index contributed by atoms with van der Waals surface area (Å²) in [6.07, 6.45) is 1.66. The summed E-state index contributed by atoms with van der Waals surface area (Å²) >= 11 is 12.5. The third-order valence-electron chi connectivity index (χ3n) is 5.57. The van der Waals surface area contributed by atoms with Crippen LogP contribution in [0.5, 0.6) is 0 Å². The Morgan fingerprint density at radius 1 is 1.06 bits per heavy atom. The maximum absolute atomic E-state index is 12.7. The van der Waals surface area contributed by atoms with E-state index in [1.807, 2.05) is 73.7 Å². The van der Waals surface area contributed by atoms with Gasteiger partial charge in [0.05, 0.1) is 0 Å². The van der Waals surface area contributed by atoms with Crippen molar-refractivity contribution in [2.75, 3.05) is 0 Å². The Hall–Kier alpha value is -3.52. The number of benzene rings is 3. The molecular weight excluding hydrogens is 453 g/mol. The van der Waals surface area contributed by atoms with Crippen molar-refractivity contribution in [2.45, 2.75) is 20.0 Å². The van der Waals surface area contributed by atoms with Gasteiger partial charge >= 0.3 is 0 Å². The molecule has 6 heteroatoms. The first-order valence-electron chi connectivity index (χ1n) is 10.4. The van der Waals surface area contributed by atoms with Gasteiger partial charge in [-0.1, -0.05) is 77.8 Å². The van der Waals surface area contributed by atoms with Gasteiger partial charge in [-0.3, -0.25) is 4.79 Å². The van der Waals surface area contributed by atoms with E-state index in [2.05, 4.69) is 16.0 Å². The molecule has 0 saturated carbocycles. The zero-order chi connectivity index (χ0) is 23.4. The van der Waals surface area contributed by atoms with E-state index in [1.54, 1.807) is 12.1 Å². The molecule has 164 valence electrons. The number of hydrogen-bond donors (Lipinski definition) is 1. The molecule has 3 aromatic carbocycles. The van der Waals surface area contributed by atoms with Crippen LogP contribution in [0.3, 0.4) is 0 Å². The minimum atomic E-state index is -0.404. The molecule has 0 bridgehead atoms. The Balaban J connectivity index is 1.69. The maximum Gasteiger partial charge on any atom is 0.262 e. The second kappa shape index (κ2) is 9.95. The number of nitriles is 1. The van der Waals surface area contributed by atoms with Crippen LogP contribution < -0.4 is 5.32 Å². The highest BCUT2D eigenvalue weighted by molar-refractivity contribution is 6.35. The summed E-state index contributed by atoms with van der Waals surface area (Å²) in [6, 6.07) is 25.0. The molecule has 0 aliphatic carbocycles. The fourth-order valence-electron chi connectivity index (χ4n) is 3.83. The number of nitrogens with zero attached hydrogens (tertiary/aromatic N) is 2. The predicted octanol–water partition coefficient (Wildman–Crippen LogP) is 6.53. The molecule has 0 aliphatic rings. The molecule has 0 radical (unpaired) electrons.